The van der Waals surface area contributed by atoms with Crippen molar-refractivity contribution in [2.24, 2.45) is 5.92 Å². The molecule has 0 saturated heterocycles. The molecule has 1 aliphatic rings. The highest BCUT2D eigenvalue weighted by Gasteiger charge is 2.42. The number of hydrogen-bond acceptors (Lipinski definition) is 6. The number of carbonyl (C=O) groups is 1. The highest BCUT2D eigenvalue weighted by atomic mass is 19.4. The zero-order chi connectivity index (χ0) is 28.9. The Kier molecular flexibility index (Phi) is 9.14. The predicted molar refractivity (Wildman–Crippen MR) is 148 cm³/mol. The van der Waals surface area contributed by atoms with Gasteiger partial charge in [0.15, 0.2) is 0 Å². The Bertz CT molecular complexity index is 1360. The number of nitrogens with one attached hydrogen (secondary N) is 1. The number of anilines is 1. The van der Waals surface area contributed by atoms with Crippen molar-refractivity contribution in [3.63, 3.8) is 0 Å². The quantitative estimate of drug-likeness (QED) is 0.284. The number of halogens is 3. The van der Waals surface area contributed by atoms with Crippen LogP contribution < -0.4 is 10.1 Å². The lowest BCUT2D eigenvalue weighted by atomic mass is 9.79. The first-order valence-electron chi connectivity index (χ1n) is 13.2. The van der Waals surface area contributed by atoms with Gasteiger partial charge in [0.05, 0.1) is 23.7 Å². The van der Waals surface area contributed by atoms with E-state index in [1.807, 2.05) is 56.1 Å². The lowest BCUT2D eigenvalue weighted by molar-refractivity contribution is -0.141. The number of benzene rings is 2. The minimum atomic E-state index is -4.63. The maximum atomic E-state index is 14.2. The number of aromatic nitrogens is 1. The van der Waals surface area contributed by atoms with Crippen molar-refractivity contribution in [2.45, 2.75) is 39.4 Å². The van der Waals surface area contributed by atoms with Crippen molar-refractivity contribution < 1.29 is 27.4 Å². The van der Waals surface area contributed by atoms with Crippen LogP contribution >= 0.6 is 0 Å². The van der Waals surface area contributed by atoms with Crippen LogP contribution in [0, 0.1) is 5.92 Å². The van der Waals surface area contributed by atoms with E-state index in [-0.39, 0.29) is 29.5 Å². The molecule has 212 valence electrons. The summed E-state index contributed by atoms with van der Waals surface area (Å²) in [7, 11) is 1.91. The number of hydrogen-bond donors (Lipinski definition) is 1. The molecule has 0 saturated carbocycles. The second-order valence-electron chi connectivity index (χ2n) is 10.3. The lowest BCUT2D eigenvalue weighted by Crippen LogP contribution is -2.29. The van der Waals surface area contributed by atoms with Crippen molar-refractivity contribution in [2.75, 3.05) is 32.1 Å². The smallest absolute Gasteiger partial charge is 0.416 e. The third-order valence-electron chi connectivity index (χ3n) is 6.61. The fourth-order valence-corrected chi connectivity index (χ4v) is 4.77. The molecule has 3 aromatic rings. The monoisotopic (exact) mass is 553 g/mol. The van der Waals surface area contributed by atoms with E-state index in [1.165, 1.54) is 24.4 Å². The van der Waals surface area contributed by atoms with Gasteiger partial charge in [0.1, 0.15) is 6.61 Å². The third kappa shape index (κ3) is 6.83. The molecule has 0 spiro atoms. The van der Waals surface area contributed by atoms with Crippen LogP contribution in [-0.4, -0.2) is 42.7 Å². The molecule has 2 heterocycles. The van der Waals surface area contributed by atoms with Crippen molar-refractivity contribution in [3.05, 3.63) is 100 Å². The van der Waals surface area contributed by atoms with E-state index in [4.69, 9.17) is 9.47 Å². The van der Waals surface area contributed by atoms with Gasteiger partial charge in [-0.2, -0.15) is 13.2 Å². The number of likely N-dealkylation sites (N-methyl/N-ethyl adjacent to an activating group) is 1. The van der Waals surface area contributed by atoms with E-state index in [2.05, 4.69) is 10.3 Å². The number of allylic oxidation sites excluding steroid dienone is 1. The normalized spacial score (nSPS) is 15.2. The first-order valence-corrected chi connectivity index (χ1v) is 13.2. The number of pyridine rings is 1. The number of rotatable bonds is 10. The van der Waals surface area contributed by atoms with Gasteiger partial charge in [-0.05, 0) is 43.1 Å². The van der Waals surface area contributed by atoms with E-state index >= 15 is 0 Å². The first kappa shape index (κ1) is 29.1. The molecular formula is C31H34F3N3O3. The van der Waals surface area contributed by atoms with Crippen LogP contribution in [0.25, 0.3) is 0 Å². The van der Waals surface area contributed by atoms with Gasteiger partial charge in [-0.3, -0.25) is 4.90 Å². The van der Waals surface area contributed by atoms with E-state index in [0.717, 1.165) is 11.6 Å². The molecule has 4 rings (SSSR count). The number of fused-ring (bicyclic) bond motifs is 1. The van der Waals surface area contributed by atoms with Crippen LogP contribution in [0.15, 0.2) is 78.1 Å². The molecule has 0 amide bonds. The Morgan fingerprint density at radius 2 is 1.77 bits per heavy atom. The summed E-state index contributed by atoms with van der Waals surface area (Å²) in [5, 5.41) is 3.18. The van der Waals surface area contributed by atoms with Crippen LogP contribution in [0.3, 0.4) is 0 Å². The summed E-state index contributed by atoms with van der Waals surface area (Å²) in [4.78, 5) is 20.0. The minimum Gasteiger partial charge on any atom is -0.477 e. The molecule has 9 heteroatoms. The standard InChI is InChI=1S/C31H34F3N3O3/c1-20(2)19-40-29-28-25(14-15-35-29)36-21(3)26(27(28)23-12-8-9-13-24(23)31(32,33)34)30(38)39-17-16-37(4)18-22-10-6-5-7-11-22/h5-15,20,27,36H,16-19H2,1-4H3. The highest BCUT2D eigenvalue weighted by molar-refractivity contribution is 5.95. The summed E-state index contributed by atoms with van der Waals surface area (Å²) in [6.07, 6.45) is -3.10. The van der Waals surface area contributed by atoms with E-state index in [0.29, 0.717) is 36.6 Å². The summed E-state index contributed by atoms with van der Waals surface area (Å²) in [5.41, 5.74) is 1.65. The first-order chi connectivity index (χ1) is 19.1. The molecule has 2 aromatic carbocycles. The fraction of sp³-hybridized carbons (Fsp3) is 0.355. The van der Waals surface area contributed by atoms with Gasteiger partial charge in [-0.1, -0.05) is 62.4 Å². The summed E-state index contributed by atoms with van der Waals surface area (Å²) in [6.45, 7) is 7.09. The number of alkyl halides is 3. The maximum absolute atomic E-state index is 14.2. The van der Waals surface area contributed by atoms with Crippen LogP contribution in [0.2, 0.25) is 0 Å². The molecule has 1 unspecified atom stereocenters. The Hall–Kier alpha value is -3.85. The molecule has 0 fully saturated rings. The average Bonchev–Trinajstić information content (AvgIpc) is 2.91. The van der Waals surface area contributed by atoms with Gasteiger partial charge in [-0.15, -0.1) is 0 Å². The Morgan fingerprint density at radius 3 is 2.48 bits per heavy atom. The molecular weight excluding hydrogens is 519 g/mol. The van der Waals surface area contributed by atoms with Crippen LogP contribution in [-0.2, 0) is 22.3 Å². The molecule has 1 aromatic heterocycles. The average molecular weight is 554 g/mol. The van der Waals surface area contributed by atoms with Crippen molar-refractivity contribution in [1.29, 1.82) is 0 Å². The van der Waals surface area contributed by atoms with Crippen molar-refractivity contribution >= 4 is 11.7 Å². The SMILES string of the molecule is CC1=C(C(=O)OCCN(C)Cc2ccccc2)C(c2ccccc2C(F)(F)F)c2c(ccnc2OCC(C)C)N1. The van der Waals surface area contributed by atoms with Gasteiger partial charge in [0.2, 0.25) is 5.88 Å². The predicted octanol–water partition coefficient (Wildman–Crippen LogP) is 6.64. The van der Waals surface area contributed by atoms with Gasteiger partial charge in [0, 0.05) is 36.2 Å². The molecule has 1 N–H and O–H groups in total. The maximum Gasteiger partial charge on any atom is 0.416 e. The van der Waals surface area contributed by atoms with E-state index in [9.17, 15) is 18.0 Å². The minimum absolute atomic E-state index is 0.0624. The van der Waals surface area contributed by atoms with Crippen LogP contribution in [0.1, 0.15) is 48.9 Å². The molecule has 1 aliphatic heterocycles. The molecule has 0 bridgehead atoms. The topological polar surface area (TPSA) is 63.7 Å². The van der Waals surface area contributed by atoms with Gasteiger partial charge in [0.25, 0.3) is 0 Å². The Balaban J connectivity index is 1.68. The molecule has 0 radical (unpaired) electrons. The number of carbonyl (C=O) groups excluding carboxylic acids is 1. The zero-order valence-electron chi connectivity index (χ0n) is 23.1. The Labute approximate surface area is 232 Å². The van der Waals surface area contributed by atoms with Gasteiger partial charge >= 0.3 is 12.1 Å². The van der Waals surface area contributed by atoms with Crippen molar-refractivity contribution in [1.82, 2.24) is 9.88 Å². The summed E-state index contributed by atoms with van der Waals surface area (Å²) in [5.74, 6) is -1.45. The van der Waals surface area contributed by atoms with E-state index < -0.39 is 23.6 Å². The van der Waals surface area contributed by atoms with Crippen LogP contribution in [0.4, 0.5) is 18.9 Å². The molecule has 6 nitrogen and oxygen atoms in total. The summed E-state index contributed by atoms with van der Waals surface area (Å²) < 4.78 is 54.3. The van der Waals surface area contributed by atoms with Crippen LogP contribution in [0.5, 0.6) is 5.88 Å². The van der Waals surface area contributed by atoms with Gasteiger partial charge < -0.3 is 14.8 Å². The molecule has 40 heavy (non-hydrogen) atoms. The second-order valence-corrected chi connectivity index (χ2v) is 10.3. The summed E-state index contributed by atoms with van der Waals surface area (Å²) >= 11 is 0. The zero-order valence-corrected chi connectivity index (χ0v) is 23.1. The van der Waals surface area contributed by atoms with E-state index in [1.54, 1.807) is 13.0 Å². The number of ether oxygens (including phenoxy) is 2. The van der Waals surface area contributed by atoms with Crippen molar-refractivity contribution in [3.8, 4) is 5.88 Å². The van der Waals surface area contributed by atoms with Gasteiger partial charge in [-0.25, -0.2) is 9.78 Å². The lowest BCUT2D eigenvalue weighted by Gasteiger charge is -2.32. The summed E-state index contributed by atoms with van der Waals surface area (Å²) in [6, 6.07) is 16.9. The number of nitrogens with zero attached hydrogens (tertiary/aromatic N) is 2. The largest absolute Gasteiger partial charge is 0.477 e. The Morgan fingerprint density at radius 1 is 1.07 bits per heavy atom. The second kappa shape index (κ2) is 12.6. The number of esters is 1. The molecule has 1 atom stereocenters. The molecule has 0 aliphatic carbocycles. The third-order valence-corrected chi connectivity index (χ3v) is 6.61. The fourth-order valence-electron chi connectivity index (χ4n) is 4.77. The highest BCUT2D eigenvalue weighted by Crippen LogP contribution is 2.48.